The maximum atomic E-state index is 16.5. The molecule has 3 aromatic carbocycles. The molecule has 0 saturated carbocycles. The van der Waals surface area contributed by atoms with Crippen LogP contribution >= 0.6 is 0 Å². The van der Waals surface area contributed by atoms with Gasteiger partial charge in [0.05, 0.1) is 55.3 Å². The van der Waals surface area contributed by atoms with Crippen molar-refractivity contribution < 1.29 is 42.2 Å². The van der Waals surface area contributed by atoms with Gasteiger partial charge in [0.15, 0.2) is 0 Å². The summed E-state index contributed by atoms with van der Waals surface area (Å²) in [7, 11) is 3.92. The first-order valence-corrected chi connectivity index (χ1v) is 20.6. The Kier molecular flexibility index (Phi) is 12.4. The molecule has 328 valence electrons. The highest BCUT2D eigenvalue weighted by Gasteiger charge is 2.45. The van der Waals surface area contributed by atoms with Gasteiger partial charge in [0.2, 0.25) is 11.8 Å². The summed E-state index contributed by atoms with van der Waals surface area (Å²) >= 11 is 0. The molecule has 62 heavy (non-hydrogen) atoms. The summed E-state index contributed by atoms with van der Waals surface area (Å²) in [6.07, 6.45) is 0.868. The van der Waals surface area contributed by atoms with E-state index in [9.17, 15) is 19.2 Å². The molecule has 1 fully saturated rings. The SMILES string of the molecule is COC(=O)NC(C(=O)N[C@H](c1ncc(-c2ccc3c(c2)C(F)(F)c2cc(-c4ccc5nc([C@@H]6CCCN6C(=O)[C@@H](NC(=O)OC)[C@@H](C)OC)[nH]c5c4)ccc2-3)[nH]1)C(C)C)C(C)C. The first-order valence-electron chi connectivity index (χ1n) is 20.6. The number of aromatic amines is 2. The number of ether oxygens (including phenoxy) is 3. The highest BCUT2D eigenvalue weighted by molar-refractivity contribution is 5.89. The Morgan fingerprint density at radius 1 is 0.790 bits per heavy atom. The van der Waals surface area contributed by atoms with Crippen molar-refractivity contribution in [2.24, 2.45) is 11.8 Å². The number of nitrogens with zero attached hydrogens (tertiary/aromatic N) is 3. The number of aromatic nitrogens is 4. The van der Waals surface area contributed by atoms with Gasteiger partial charge in [0, 0.05) is 30.3 Å². The van der Waals surface area contributed by atoms with Gasteiger partial charge >= 0.3 is 12.2 Å². The average Bonchev–Trinajstić information content (AvgIpc) is 4.08. The second-order valence-electron chi connectivity index (χ2n) is 16.5. The molecule has 0 radical (unpaired) electrons. The van der Waals surface area contributed by atoms with Crippen LogP contribution in [0.5, 0.6) is 0 Å². The molecule has 7 rings (SSSR count). The van der Waals surface area contributed by atoms with Gasteiger partial charge in [-0.25, -0.2) is 19.6 Å². The molecule has 4 amide bonds. The van der Waals surface area contributed by atoms with Crippen LogP contribution < -0.4 is 16.0 Å². The Morgan fingerprint density at radius 3 is 2.03 bits per heavy atom. The van der Waals surface area contributed by atoms with Crippen LogP contribution in [0.1, 0.15) is 82.3 Å². The monoisotopic (exact) mass is 854 g/mol. The van der Waals surface area contributed by atoms with Gasteiger partial charge in [-0.2, -0.15) is 8.78 Å². The highest BCUT2D eigenvalue weighted by atomic mass is 19.3. The van der Waals surface area contributed by atoms with Crippen LogP contribution in [0.15, 0.2) is 60.8 Å². The molecule has 1 saturated heterocycles. The van der Waals surface area contributed by atoms with Crippen molar-refractivity contribution in [1.82, 2.24) is 40.8 Å². The Hall–Kier alpha value is -6.36. The van der Waals surface area contributed by atoms with Gasteiger partial charge < -0.3 is 45.0 Å². The van der Waals surface area contributed by atoms with Gasteiger partial charge in [-0.1, -0.05) is 58.0 Å². The number of rotatable bonds is 13. The van der Waals surface area contributed by atoms with Gasteiger partial charge in [-0.3, -0.25) is 9.59 Å². The van der Waals surface area contributed by atoms with Gasteiger partial charge in [0.25, 0.3) is 5.92 Å². The third-order valence-corrected chi connectivity index (χ3v) is 11.8. The lowest BCUT2D eigenvalue weighted by Gasteiger charge is -2.30. The van der Waals surface area contributed by atoms with Crippen LogP contribution in [-0.4, -0.2) is 94.9 Å². The quantitative estimate of drug-likeness (QED) is 0.0805. The van der Waals surface area contributed by atoms with Crippen molar-refractivity contribution in [3.63, 3.8) is 0 Å². The number of hydrogen-bond acceptors (Lipinski definition) is 9. The minimum absolute atomic E-state index is 0.108. The minimum Gasteiger partial charge on any atom is -0.453 e. The van der Waals surface area contributed by atoms with Crippen LogP contribution in [0.25, 0.3) is 44.5 Å². The van der Waals surface area contributed by atoms with Gasteiger partial charge in [-0.05, 0) is 78.1 Å². The van der Waals surface area contributed by atoms with E-state index in [4.69, 9.17) is 19.2 Å². The second-order valence-corrected chi connectivity index (χ2v) is 16.5. The van der Waals surface area contributed by atoms with E-state index >= 15 is 8.78 Å². The van der Waals surface area contributed by atoms with E-state index in [1.54, 1.807) is 50.1 Å². The second kappa shape index (κ2) is 17.6. The molecule has 17 heteroatoms. The summed E-state index contributed by atoms with van der Waals surface area (Å²) < 4.78 is 47.9. The predicted octanol–water partition coefficient (Wildman–Crippen LogP) is 7.36. The van der Waals surface area contributed by atoms with Crippen LogP contribution in [0.4, 0.5) is 18.4 Å². The molecule has 5 aromatic rings. The summed E-state index contributed by atoms with van der Waals surface area (Å²) in [6.45, 7) is 9.61. The van der Waals surface area contributed by atoms with Crippen LogP contribution in [0.2, 0.25) is 0 Å². The van der Waals surface area contributed by atoms with Crippen molar-refractivity contribution in [2.45, 2.75) is 83.7 Å². The van der Waals surface area contributed by atoms with Crippen LogP contribution in [0, 0.1) is 11.8 Å². The fraction of sp³-hybridized carbons (Fsp3) is 0.422. The molecule has 3 heterocycles. The normalized spacial score (nSPS) is 17.3. The molecule has 2 aromatic heterocycles. The number of carbonyl (C=O) groups excluding carboxylic acids is 4. The summed E-state index contributed by atoms with van der Waals surface area (Å²) in [5.74, 6) is -3.35. The molecule has 1 aliphatic heterocycles. The van der Waals surface area contributed by atoms with Crippen molar-refractivity contribution >= 4 is 35.0 Å². The van der Waals surface area contributed by atoms with Crippen molar-refractivity contribution in [3.05, 3.63) is 83.6 Å². The number of imidazole rings is 2. The molecule has 5 atom stereocenters. The van der Waals surface area contributed by atoms with Crippen molar-refractivity contribution in [1.29, 1.82) is 0 Å². The Labute approximate surface area is 357 Å². The summed E-state index contributed by atoms with van der Waals surface area (Å²) in [6, 6.07) is 12.8. The molecule has 0 spiro atoms. The number of alkyl carbamates (subject to hydrolysis) is 2. The average molecular weight is 855 g/mol. The van der Waals surface area contributed by atoms with Gasteiger partial charge in [-0.15, -0.1) is 0 Å². The lowest BCUT2D eigenvalue weighted by atomic mass is 9.98. The zero-order chi connectivity index (χ0) is 44.6. The first kappa shape index (κ1) is 43.7. The lowest BCUT2D eigenvalue weighted by molar-refractivity contribution is -0.137. The zero-order valence-electron chi connectivity index (χ0n) is 35.9. The standard InChI is InChI=1S/C45H52F2N8O7/c1-22(2)36(52-41(56)37(23(3)4)53-43(58)61-7)40-48-21-34(51-40)27-12-15-29-28-14-11-25(18-30(28)45(46,47)31(29)19-27)26-13-16-32-33(20-26)50-39(49-32)35-10-9-17-55(35)42(57)38(24(5)60-6)54-44(59)62-8/h11-16,18-24,35-38H,9-10,17H2,1-8H3,(H,48,51)(H,49,50)(H,52,56)(H,53,58)(H,54,59)/t24-,35+,36+,37?,38+/m1/s1. The maximum absolute atomic E-state index is 16.5. The number of H-pyrrole nitrogens is 2. The number of hydrogen-bond donors (Lipinski definition) is 5. The van der Waals surface area contributed by atoms with Gasteiger partial charge in [0.1, 0.15) is 23.7 Å². The Balaban J connectivity index is 1.11. The summed E-state index contributed by atoms with van der Waals surface area (Å²) in [4.78, 5) is 68.7. The van der Waals surface area contributed by atoms with Crippen LogP contribution in [0.3, 0.4) is 0 Å². The highest BCUT2D eigenvalue weighted by Crippen LogP contribution is 2.52. The third-order valence-electron chi connectivity index (χ3n) is 11.8. The number of methoxy groups -OCH3 is 3. The van der Waals surface area contributed by atoms with E-state index in [2.05, 4.69) is 30.9 Å². The molecule has 1 unspecified atom stereocenters. The molecular formula is C45H52F2N8O7. The number of amides is 4. The molecule has 15 nitrogen and oxygen atoms in total. The zero-order valence-corrected chi connectivity index (χ0v) is 35.9. The first-order chi connectivity index (χ1) is 29.6. The smallest absolute Gasteiger partial charge is 0.407 e. The number of likely N-dealkylation sites (tertiary alicyclic amines) is 1. The van der Waals surface area contributed by atoms with E-state index in [0.29, 0.717) is 69.2 Å². The number of fused-ring (bicyclic) bond motifs is 4. The number of nitrogens with one attached hydrogen (secondary N) is 5. The number of halogens is 2. The third kappa shape index (κ3) is 8.32. The fourth-order valence-electron chi connectivity index (χ4n) is 8.29. The van der Waals surface area contributed by atoms with E-state index in [1.807, 2.05) is 38.1 Å². The molecule has 2 aliphatic rings. The van der Waals surface area contributed by atoms with Crippen molar-refractivity contribution in [3.8, 4) is 33.5 Å². The maximum Gasteiger partial charge on any atom is 0.407 e. The van der Waals surface area contributed by atoms with E-state index < -0.39 is 48.2 Å². The van der Waals surface area contributed by atoms with E-state index in [1.165, 1.54) is 33.5 Å². The fourth-order valence-corrected chi connectivity index (χ4v) is 8.29. The van der Waals surface area contributed by atoms with Crippen molar-refractivity contribution in [2.75, 3.05) is 27.9 Å². The van der Waals surface area contributed by atoms with E-state index in [0.717, 1.165) is 6.42 Å². The largest absolute Gasteiger partial charge is 0.453 e. The van der Waals surface area contributed by atoms with Crippen LogP contribution in [-0.2, 0) is 29.7 Å². The molecule has 5 N–H and O–H groups in total. The van der Waals surface area contributed by atoms with E-state index in [-0.39, 0.29) is 34.9 Å². The summed E-state index contributed by atoms with van der Waals surface area (Å²) in [5.41, 5.74) is 4.27. The Bertz CT molecular complexity index is 2500. The molecular weight excluding hydrogens is 803 g/mol. The molecule has 0 bridgehead atoms. The predicted molar refractivity (Wildman–Crippen MR) is 227 cm³/mol. The number of alkyl halides is 2. The minimum atomic E-state index is -3.31. The topological polar surface area (TPSA) is 193 Å². The number of benzene rings is 3. The Morgan fingerprint density at radius 2 is 1.40 bits per heavy atom. The molecule has 1 aliphatic carbocycles. The number of carbonyl (C=O) groups is 4. The lowest BCUT2D eigenvalue weighted by Crippen LogP contribution is -2.54. The summed E-state index contributed by atoms with van der Waals surface area (Å²) in [5, 5.41) is 8.14.